The van der Waals surface area contributed by atoms with Gasteiger partial charge in [0.1, 0.15) is 22.8 Å². The van der Waals surface area contributed by atoms with Crippen molar-refractivity contribution in [2.75, 3.05) is 0 Å². The summed E-state index contributed by atoms with van der Waals surface area (Å²) in [6.07, 6.45) is 4.90. The summed E-state index contributed by atoms with van der Waals surface area (Å²) in [6, 6.07) is 13.1. The normalized spacial score (nSPS) is 19.1. The zero-order chi connectivity index (χ0) is 124. The zero-order valence-corrected chi connectivity index (χ0v) is 23.9. The molecule has 6 heterocycles. The van der Waals surface area contributed by atoms with Gasteiger partial charge in [0.05, 0.1) is 11.6 Å². The number of nitriles is 1. The Bertz CT molecular complexity index is 2100. The van der Waals surface area contributed by atoms with E-state index in [9.17, 15) is 0 Å². The van der Waals surface area contributed by atoms with Crippen molar-refractivity contribution < 1.29 is 153 Å². The first-order chi connectivity index (χ1) is 66.4. The van der Waals surface area contributed by atoms with E-state index in [1.54, 1.807) is 36.8 Å². The molecule has 43 heavy (non-hydrogen) atoms. The highest BCUT2D eigenvalue weighted by atomic mass is 16.4. The van der Waals surface area contributed by atoms with E-state index in [2.05, 4.69) is 41.1 Å². The molecule has 0 fully saturated rings. The number of amidine groups is 2. The number of H-pyrrole nitrogens is 3. The maximum atomic E-state index is 9.00. The van der Waals surface area contributed by atoms with Crippen LogP contribution in [0, 0.1) is 37.5 Å². The third-order valence-corrected chi connectivity index (χ3v) is 5.79. The van der Waals surface area contributed by atoms with Gasteiger partial charge in [-0.2, -0.15) is 5.26 Å². The van der Waals surface area contributed by atoms with Crippen LogP contribution in [0.3, 0.4) is 0 Å². The van der Waals surface area contributed by atoms with E-state index >= 15 is 0 Å². The number of nitrogen functional groups attached to an aromatic ring is 1. The number of nitrogens with one attached hydrogen (secondary N) is 4. The third-order valence-electron chi connectivity index (χ3n) is 5.79. The van der Waals surface area contributed by atoms with E-state index < -0.39 is 5.97 Å². The molecular weight excluding hydrogens is 550 g/mol. The van der Waals surface area contributed by atoms with Gasteiger partial charge in [-0.3, -0.25) is 10.2 Å². The molecule has 10 N–H and O–H groups in total. The second-order valence-corrected chi connectivity index (χ2v) is 9.25. The molecule has 0 aliphatic rings. The van der Waals surface area contributed by atoms with Crippen molar-refractivity contribution in [1.82, 2.24) is 29.9 Å². The summed E-state index contributed by atoms with van der Waals surface area (Å²) in [5, 5.41) is 37.8. The van der Waals surface area contributed by atoms with E-state index in [1.165, 1.54) is 0 Å². The van der Waals surface area contributed by atoms with Crippen molar-refractivity contribution in [3.05, 3.63) is 88.8 Å². The molecule has 0 spiro atoms. The lowest BCUT2D eigenvalue weighted by atomic mass is 10.1. The van der Waals surface area contributed by atoms with Crippen LogP contribution < -0.4 is 11.5 Å². The van der Waals surface area contributed by atoms with Gasteiger partial charge in [0.25, 0.3) is 5.97 Å². The van der Waals surface area contributed by atoms with Crippen molar-refractivity contribution in [2.45, 2.75) is 27.7 Å². The van der Waals surface area contributed by atoms with Gasteiger partial charge in [0.15, 0.2) is 5.84 Å². The number of hydrogen-bond acceptors (Lipinski definition) is 8. The van der Waals surface area contributed by atoms with E-state index in [-0.39, 0.29) is 13.1 Å². The number of aliphatic carboxylic acids is 1. The molecule has 6 rings (SSSR count). The van der Waals surface area contributed by atoms with Crippen molar-refractivity contribution in [1.29, 1.82) is 10.7 Å². The molecule has 0 radical (unpaired) electrons. The first-order valence-electron chi connectivity index (χ1n) is 58.7. The summed E-state index contributed by atoms with van der Waals surface area (Å²) in [5.74, 6) is -0.664. The van der Waals surface area contributed by atoms with E-state index in [4.69, 9.17) is 174 Å². The number of nitrogens with two attached hydrogens (primary N) is 2. The van der Waals surface area contributed by atoms with Crippen molar-refractivity contribution in [3.8, 4) is 6.07 Å². The van der Waals surface area contributed by atoms with E-state index in [1.807, 2.05) is 39.0 Å². The monoisotopic (exact) mass is 770 g/mol. The molecule has 14 nitrogen and oxygen atoms in total. The largest absolute Gasteiger partial charge is 0.481 e. The molecule has 0 amide bonds. The minimum absolute atomic E-state index is 0. The molecule has 0 aliphatic carbocycles. The van der Waals surface area contributed by atoms with Gasteiger partial charge in [0.2, 0.25) is 0 Å². The molecule has 0 aliphatic heterocycles. The first kappa shape index (κ1) is 6.55. The van der Waals surface area contributed by atoms with E-state index in [0.29, 0.717) is 11.1 Å². The minimum atomic E-state index is -0.833. The fourth-order valence-electron chi connectivity index (χ4n) is 4.08. The topological polar surface area (TPSA) is 256 Å². The molecule has 6 aromatic rings. The fraction of sp³-hybridized carbons (Fsp3) is 0.138. The van der Waals surface area contributed by atoms with E-state index in [0.717, 1.165) is 62.7 Å². The van der Waals surface area contributed by atoms with Crippen LogP contribution in [0.2, 0.25) is 0 Å². The number of rotatable bonds is 2. The number of pyridine rings is 3. The van der Waals surface area contributed by atoms with Crippen molar-refractivity contribution >= 4 is 50.7 Å². The Morgan fingerprint density at radius 1 is 0.884 bits per heavy atom. The molecule has 0 aromatic carbocycles. The summed E-state index contributed by atoms with van der Waals surface area (Å²) in [7, 11) is 0. The Morgan fingerprint density at radius 2 is 1.28 bits per heavy atom. The van der Waals surface area contributed by atoms with Gasteiger partial charge < -0.3 is 36.7 Å². The van der Waals surface area contributed by atoms with Crippen LogP contribution in [0.25, 0.3) is 33.1 Å². The highest BCUT2D eigenvalue weighted by Gasteiger charge is 2.08. The number of aromatic amines is 3. The molecule has 14 heteroatoms. The maximum Gasteiger partial charge on any atom is 0.300 e. The second kappa shape index (κ2) is 13.9. The quantitative estimate of drug-likeness (QED) is 0.0360. The van der Waals surface area contributed by atoms with Gasteiger partial charge in [-0.1, -0.05) is 5.16 Å². The van der Waals surface area contributed by atoms with Gasteiger partial charge >= 0.3 is 0 Å². The minimum Gasteiger partial charge on any atom is -0.481 e. The van der Waals surface area contributed by atoms with Crippen LogP contribution in [-0.2, 0) is 4.79 Å². The Labute approximate surface area is 389 Å². The number of hydrogen-bond donors (Lipinski definition) is 8. The lowest BCUT2D eigenvalue weighted by Crippen LogP contribution is -2.13. The smallest absolute Gasteiger partial charge is 0.300 e. The van der Waals surface area contributed by atoms with Gasteiger partial charge in [-0.25, -0.2) is 15.0 Å². The molecular formula is C29H125N11O3. The first-order valence-corrected chi connectivity index (χ1v) is 12.7. The molecule has 0 bridgehead atoms. The number of aryl methyl sites for hydroxylation is 3. The summed E-state index contributed by atoms with van der Waals surface area (Å²) in [6.45, 7) is 6.91. The van der Waals surface area contributed by atoms with Crippen LogP contribution in [-0.4, -0.2) is 57.9 Å². The van der Waals surface area contributed by atoms with Crippen LogP contribution >= 0.6 is 0 Å². The van der Waals surface area contributed by atoms with Crippen molar-refractivity contribution in [3.63, 3.8) is 0 Å². The number of carbonyl (C=O) groups is 1. The number of carboxylic acid groups (broad SMARTS) is 1. The molecule has 0 saturated carbocycles. The van der Waals surface area contributed by atoms with Gasteiger partial charge in [-0.05, 0) is 57.2 Å². The Hall–Kier alpha value is -6.23. The van der Waals surface area contributed by atoms with Crippen molar-refractivity contribution in [2.24, 2.45) is 16.6 Å². The predicted molar refractivity (Wildman–Crippen MR) is 263 cm³/mol. The average Bonchev–Trinajstić information content (AvgIpc) is 1.63. The molecule has 314 valence electrons. The number of carboxylic acids is 1. The Balaban J connectivity index is -0.0000000150. The standard InChI is InChI=1S/C9H10N4O.C9H10N4.C9H7N3.C2H4O2.47H2/c1-5-4-7-6(8(10)13-14)2-3-11-9(7)12-5;1-5-4-7-6(8(10)11)2-3-12-9(7)13-5;1-6-4-8-7(5-10)2-3-11-9(8)12-6;1-2(3)4;;;;;;;;;;;;;;;;;;;;;;;;;;;;;;;;;;;;;;;;;;;;;;;/h2-4,14H,1H3,(H2,10,13)(H,11,12);2-4H,1H3,(H3,10,11)(H,12,13);2-4H,1H3,(H,11,12);1H3,(H,3,4);47*1H/i;;;;46*1+1D;1+1. The number of oxime groups is 1. The summed E-state index contributed by atoms with van der Waals surface area (Å²) < 4.78 is 460. The molecule has 0 atom stereocenters. The molecule has 6 aromatic heterocycles. The Morgan fingerprint density at radius 3 is 1.72 bits per heavy atom. The summed E-state index contributed by atoms with van der Waals surface area (Å²) in [5.41, 5.74) is 18.4. The van der Waals surface area contributed by atoms with Gasteiger partial charge in [0, 0.05) is 208 Å². The van der Waals surface area contributed by atoms with Crippen LogP contribution in [0.5, 0.6) is 0 Å². The molecule has 0 unspecified atom stereocenters. The highest BCUT2D eigenvalue weighted by molar-refractivity contribution is 6.07. The molecule has 0 saturated heterocycles. The zero-order valence-electron chi connectivity index (χ0n) is 116. The lowest BCUT2D eigenvalue weighted by molar-refractivity contribution is -0.134. The van der Waals surface area contributed by atoms with Gasteiger partial charge in [-0.15, -0.1) is 0 Å². The number of aromatic nitrogens is 6. The fourth-order valence-corrected chi connectivity index (χ4v) is 4.08. The number of nitrogens with zero attached hydrogens (tertiary/aromatic N) is 5. The Kier molecular flexibility index (Phi) is 2.12. The third kappa shape index (κ3) is 7.92. The van der Waals surface area contributed by atoms with Crippen LogP contribution in [0.1, 0.15) is 179 Å². The van der Waals surface area contributed by atoms with Crippen LogP contribution in [0.15, 0.2) is 60.1 Å². The van der Waals surface area contributed by atoms with Crippen LogP contribution in [0.4, 0.5) is 0 Å². The lowest BCUT2D eigenvalue weighted by Gasteiger charge is -1.98. The number of fused-ring (bicyclic) bond motifs is 3. The maximum absolute atomic E-state index is 9.00. The highest BCUT2D eigenvalue weighted by Crippen LogP contribution is 2.18. The average molecular weight is 770 g/mol. The second-order valence-electron chi connectivity index (χ2n) is 9.25. The summed E-state index contributed by atoms with van der Waals surface area (Å²) >= 11 is 0. The summed E-state index contributed by atoms with van der Waals surface area (Å²) in [4.78, 5) is 30.6. The SMILES string of the molecule is CC(=O)O.Cc1cc2c(C#N)ccnc2[nH]1.Cc1cc2c(C(=N)N)ccnc2[nH]1.Cc1cc2c(C(N)=NO)ccnc2[nH]1.[2HH].[2H][2H].[2H][2H].[2H][2H].[2H][2H].[2H][2H].[2H][2H].[2H][2H].[2H][2H].[2H][2H].[2H][2H].[2H][2H].[2H][2H].[2H][2H].[2H][2H].[2H][2H].[2H][2H].[2H][2H].[2H][2H].[2H][2H].[2H][2H].[2H][2H].[2H][2H].[2H][2H].[2H][2H].[2H][2H].[2H][2H].[2H][2H].[2H][2H].[2H][2H].[2H][2H].[2H][2H].[2H][2H].[2H][2H].[2H][2H].[2H][2H].[2H][2H].[2H][2H].[2H][2H].[2H][2H].[2H][2H].[2H][2H].[2H][2H].[2H][2H].[2H][2H].[2H][2H].[2H][2H]. The predicted octanol–water partition coefficient (Wildman–Crippen LogP) is 15.5.